The molecule has 130 valence electrons. The number of ether oxygens (including phenoxy) is 2. The zero-order valence-electron chi connectivity index (χ0n) is 14.7. The van der Waals surface area contributed by atoms with Crippen LogP contribution in [0.1, 0.15) is 27.7 Å². The van der Waals surface area contributed by atoms with Crippen LogP contribution in [0.2, 0.25) is 0 Å². The van der Waals surface area contributed by atoms with Gasteiger partial charge in [-0.15, -0.1) is 0 Å². The number of pyridine rings is 1. The molecule has 0 aliphatic rings. The lowest BCUT2D eigenvalue weighted by Crippen LogP contribution is -2.37. The van der Waals surface area contributed by atoms with Gasteiger partial charge in [0.2, 0.25) is 5.91 Å². The highest BCUT2D eigenvalue weighted by Crippen LogP contribution is 2.35. The number of primary amides is 1. The van der Waals surface area contributed by atoms with Gasteiger partial charge in [-0.25, -0.2) is 0 Å². The minimum absolute atomic E-state index is 0.345. The summed E-state index contributed by atoms with van der Waals surface area (Å²) < 4.78 is 11.3. The Labute approximate surface area is 142 Å². The molecule has 6 heteroatoms. The topological polar surface area (TPSA) is 86.5 Å². The van der Waals surface area contributed by atoms with E-state index in [1.165, 1.54) is 0 Å². The van der Waals surface area contributed by atoms with Gasteiger partial charge in [0.1, 0.15) is 0 Å². The highest BCUT2D eigenvalue weighted by molar-refractivity contribution is 5.93. The number of anilines is 1. The molecule has 6 nitrogen and oxygen atoms in total. The number of amides is 1. The van der Waals surface area contributed by atoms with Crippen molar-refractivity contribution in [1.82, 2.24) is 4.98 Å². The zero-order chi connectivity index (χ0) is 17.7. The molecule has 0 aliphatic carbocycles. The lowest BCUT2D eigenvalue weighted by Gasteiger charge is -2.22. The molecule has 0 aliphatic heterocycles. The Morgan fingerprint density at radius 3 is 2.42 bits per heavy atom. The third-order valence-electron chi connectivity index (χ3n) is 3.79. The first kappa shape index (κ1) is 17.8. The lowest BCUT2D eigenvalue weighted by molar-refractivity contribution is -0.125. The number of fused-ring (bicyclic) bond motifs is 1. The van der Waals surface area contributed by atoms with Gasteiger partial charge in [0, 0.05) is 29.9 Å². The van der Waals surface area contributed by atoms with Crippen molar-refractivity contribution in [3.05, 3.63) is 24.4 Å². The molecular formula is C18H25N3O3. The van der Waals surface area contributed by atoms with Crippen LogP contribution in [0, 0.1) is 5.41 Å². The lowest BCUT2D eigenvalue weighted by atomic mass is 9.92. The van der Waals surface area contributed by atoms with Crippen LogP contribution in [0.15, 0.2) is 24.4 Å². The van der Waals surface area contributed by atoms with Crippen molar-refractivity contribution < 1.29 is 14.3 Å². The molecule has 0 atom stereocenters. The Hall–Kier alpha value is -2.50. The number of hydrogen-bond donors (Lipinski definition) is 2. The van der Waals surface area contributed by atoms with E-state index in [2.05, 4.69) is 10.3 Å². The standard InChI is InChI=1S/C18H25N3O3/c1-5-23-15-9-12-13(21-11-18(3,4)17(19)22)7-8-20-14(12)10-16(15)24-6-2/h7-10H,5-6,11H2,1-4H3,(H2,19,22)(H,20,21). The SMILES string of the molecule is CCOc1cc2nccc(NCC(C)(C)C(N)=O)c2cc1OCC. The molecule has 0 bridgehead atoms. The summed E-state index contributed by atoms with van der Waals surface area (Å²) in [5.74, 6) is 1.01. The Morgan fingerprint density at radius 2 is 1.83 bits per heavy atom. The molecule has 1 heterocycles. The van der Waals surface area contributed by atoms with Gasteiger partial charge in [0.25, 0.3) is 0 Å². The molecule has 0 fully saturated rings. The number of carbonyl (C=O) groups is 1. The number of nitrogens with one attached hydrogen (secondary N) is 1. The first-order valence-corrected chi connectivity index (χ1v) is 8.11. The summed E-state index contributed by atoms with van der Waals surface area (Å²) in [6.07, 6.45) is 1.72. The van der Waals surface area contributed by atoms with E-state index in [0.29, 0.717) is 31.3 Å². The summed E-state index contributed by atoms with van der Waals surface area (Å²) in [4.78, 5) is 15.9. The predicted molar refractivity (Wildman–Crippen MR) is 95.5 cm³/mol. The van der Waals surface area contributed by atoms with E-state index in [-0.39, 0.29) is 5.91 Å². The number of nitrogens with two attached hydrogens (primary N) is 1. The summed E-state index contributed by atoms with van der Waals surface area (Å²) in [6.45, 7) is 9.00. The monoisotopic (exact) mass is 331 g/mol. The fourth-order valence-corrected chi connectivity index (χ4v) is 2.25. The minimum Gasteiger partial charge on any atom is -0.490 e. The van der Waals surface area contributed by atoms with Gasteiger partial charge in [0.15, 0.2) is 11.5 Å². The van der Waals surface area contributed by atoms with Gasteiger partial charge in [-0.05, 0) is 39.8 Å². The number of rotatable bonds is 8. The normalized spacial score (nSPS) is 11.3. The average molecular weight is 331 g/mol. The smallest absolute Gasteiger partial charge is 0.224 e. The van der Waals surface area contributed by atoms with Crippen molar-refractivity contribution >= 4 is 22.5 Å². The van der Waals surface area contributed by atoms with Crippen LogP contribution in [-0.2, 0) is 4.79 Å². The van der Waals surface area contributed by atoms with Gasteiger partial charge >= 0.3 is 0 Å². The van der Waals surface area contributed by atoms with Crippen LogP contribution in [0.3, 0.4) is 0 Å². The maximum atomic E-state index is 11.5. The first-order valence-electron chi connectivity index (χ1n) is 8.11. The predicted octanol–water partition coefficient (Wildman–Crippen LogP) is 2.96. The van der Waals surface area contributed by atoms with E-state index in [1.807, 2.05) is 45.9 Å². The third kappa shape index (κ3) is 3.88. The second kappa shape index (κ2) is 7.38. The summed E-state index contributed by atoms with van der Waals surface area (Å²) in [7, 11) is 0. The van der Waals surface area contributed by atoms with Crippen LogP contribution in [0.25, 0.3) is 10.9 Å². The van der Waals surface area contributed by atoms with E-state index < -0.39 is 5.41 Å². The molecule has 0 radical (unpaired) electrons. The van der Waals surface area contributed by atoms with E-state index in [9.17, 15) is 4.79 Å². The Balaban J connectivity index is 2.40. The molecule has 0 saturated carbocycles. The molecule has 0 saturated heterocycles. The molecule has 24 heavy (non-hydrogen) atoms. The molecule has 1 aromatic carbocycles. The second-order valence-corrected chi connectivity index (χ2v) is 6.14. The van der Waals surface area contributed by atoms with Crippen molar-refractivity contribution in [2.75, 3.05) is 25.1 Å². The molecule has 0 unspecified atom stereocenters. The van der Waals surface area contributed by atoms with Gasteiger partial charge in [-0.2, -0.15) is 0 Å². The molecule has 3 N–H and O–H groups in total. The molecule has 1 amide bonds. The number of carbonyl (C=O) groups excluding carboxylic acids is 1. The highest BCUT2D eigenvalue weighted by Gasteiger charge is 2.24. The van der Waals surface area contributed by atoms with E-state index in [1.54, 1.807) is 6.20 Å². The Kier molecular flexibility index (Phi) is 5.49. The maximum Gasteiger partial charge on any atom is 0.224 e. The molecule has 0 spiro atoms. The zero-order valence-corrected chi connectivity index (χ0v) is 14.7. The van der Waals surface area contributed by atoms with Crippen molar-refractivity contribution in [3.8, 4) is 11.5 Å². The fraction of sp³-hybridized carbons (Fsp3) is 0.444. The van der Waals surface area contributed by atoms with E-state index >= 15 is 0 Å². The average Bonchev–Trinajstić information content (AvgIpc) is 2.54. The number of hydrogen-bond acceptors (Lipinski definition) is 5. The maximum absolute atomic E-state index is 11.5. The third-order valence-corrected chi connectivity index (χ3v) is 3.79. The van der Waals surface area contributed by atoms with Crippen molar-refractivity contribution in [3.63, 3.8) is 0 Å². The number of benzene rings is 1. The van der Waals surface area contributed by atoms with Gasteiger partial charge in [0.05, 0.1) is 24.1 Å². The van der Waals surface area contributed by atoms with E-state index in [0.717, 1.165) is 16.6 Å². The summed E-state index contributed by atoms with van der Waals surface area (Å²) >= 11 is 0. The van der Waals surface area contributed by atoms with Crippen molar-refractivity contribution in [2.45, 2.75) is 27.7 Å². The van der Waals surface area contributed by atoms with Gasteiger partial charge in [-0.3, -0.25) is 9.78 Å². The second-order valence-electron chi connectivity index (χ2n) is 6.14. The molecule has 1 aromatic heterocycles. The van der Waals surface area contributed by atoms with Crippen molar-refractivity contribution in [1.29, 1.82) is 0 Å². The number of nitrogens with zero attached hydrogens (tertiary/aromatic N) is 1. The van der Waals surface area contributed by atoms with E-state index in [4.69, 9.17) is 15.2 Å². The number of aromatic nitrogens is 1. The Bertz CT molecular complexity index is 729. The van der Waals surface area contributed by atoms with Crippen LogP contribution in [-0.4, -0.2) is 30.6 Å². The van der Waals surface area contributed by atoms with Gasteiger partial charge < -0.3 is 20.5 Å². The summed E-state index contributed by atoms with van der Waals surface area (Å²) in [5, 5.41) is 4.20. The van der Waals surface area contributed by atoms with Crippen LogP contribution in [0.4, 0.5) is 5.69 Å². The van der Waals surface area contributed by atoms with Crippen LogP contribution in [0.5, 0.6) is 11.5 Å². The first-order chi connectivity index (χ1) is 11.4. The Morgan fingerprint density at radius 1 is 1.21 bits per heavy atom. The van der Waals surface area contributed by atoms with Gasteiger partial charge in [-0.1, -0.05) is 0 Å². The van der Waals surface area contributed by atoms with Crippen molar-refractivity contribution in [2.24, 2.45) is 11.1 Å². The van der Waals surface area contributed by atoms with Crippen LogP contribution < -0.4 is 20.5 Å². The summed E-state index contributed by atoms with van der Waals surface area (Å²) in [5.41, 5.74) is 6.46. The molecule has 2 aromatic rings. The fourth-order valence-electron chi connectivity index (χ4n) is 2.25. The molecular weight excluding hydrogens is 306 g/mol. The highest BCUT2D eigenvalue weighted by atomic mass is 16.5. The summed E-state index contributed by atoms with van der Waals surface area (Å²) in [6, 6.07) is 5.65. The van der Waals surface area contributed by atoms with Crippen LogP contribution >= 0.6 is 0 Å². The largest absolute Gasteiger partial charge is 0.490 e. The molecule has 2 rings (SSSR count). The minimum atomic E-state index is -0.649. The quantitative estimate of drug-likeness (QED) is 0.776.